The van der Waals surface area contributed by atoms with Gasteiger partial charge in [0.2, 0.25) is 0 Å². The SMILES string of the molecule is CC[C@@]1(c2ccc(Cl)cc2)NC(=S)N(C)N1. The highest BCUT2D eigenvalue weighted by molar-refractivity contribution is 7.80. The van der Waals surface area contributed by atoms with Gasteiger partial charge in [-0.05, 0) is 36.3 Å². The molecule has 0 spiro atoms. The van der Waals surface area contributed by atoms with Crippen molar-refractivity contribution in [2.75, 3.05) is 7.05 Å². The molecule has 0 bridgehead atoms. The minimum absolute atomic E-state index is 0.309. The molecule has 2 rings (SSSR count). The second-order valence-corrected chi connectivity index (χ2v) is 4.69. The molecule has 1 heterocycles. The number of rotatable bonds is 2. The molecule has 1 saturated heterocycles. The number of hydrogen-bond donors (Lipinski definition) is 2. The molecule has 0 radical (unpaired) electrons. The van der Waals surface area contributed by atoms with Crippen molar-refractivity contribution >= 4 is 28.9 Å². The molecular weight excluding hydrogens is 242 g/mol. The van der Waals surface area contributed by atoms with Crippen molar-refractivity contribution in [1.82, 2.24) is 15.8 Å². The zero-order valence-corrected chi connectivity index (χ0v) is 10.8. The summed E-state index contributed by atoms with van der Waals surface area (Å²) in [5.74, 6) is 0. The Kier molecular flexibility index (Phi) is 3.06. The fraction of sp³-hybridized carbons (Fsp3) is 0.364. The topological polar surface area (TPSA) is 27.3 Å². The lowest BCUT2D eigenvalue weighted by Crippen LogP contribution is -2.47. The first kappa shape index (κ1) is 11.6. The Morgan fingerprint density at radius 1 is 1.38 bits per heavy atom. The van der Waals surface area contributed by atoms with Crippen molar-refractivity contribution in [2.24, 2.45) is 0 Å². The van der Waals surface area contributed by atoms with Crippen LogP contribution in [-0.2, 0) is 5.66 Å². The van der Waals surface area contributed by atoms with E-state index < -0.39 is 0 Å². The smallest absolute Gasteiger partial charge is 0.185 e. The van der Waals surface area contributed by atoms with Gasteiger partial charge in [-0.15, -0.1) is 0 Å². The summed E-state index contributed by atoms with van der Waals surface area (Å²) >= 11 is 11.1. The van der Waals surface area contributed by atoms with E-state index in [-0.39, 0.29) is 5.66 Å². The molecule has 1 aliphatic heterocycles. The predicted octanol–water partition coefficient (Wildman–Crippen LogP) is 2.23. The lowest BCUT2D eigenvalue weighted by atomic mass is 9.98. The molecule has 0 saturated carbocycles. The molecule has 3 nitrogen and oxygen atoms in total. The standard InChI is InChI=1S/C11H14ClN3S/c1-3-11(13-10(16)15(2)14-11)8-4-6-9(12)7-5-8/h4-7,14H,3H2,1-2H3,(H,13,16)/t11-/m1/s1. The van der Waals surface area contributed by atoms with Crippen molar-refractivity contribution in [2.45, 2.75) is 19.0 Å². The number of thiocarbonyl (C=S) groups is 1. The Hall–Kier alpha value is -0.840. The molecule has 1 atom stereocenters. The maximum Gasteiger partial charge on any atom is 0.185 e. The minimum Gasteiger partial charge on any atom is -0.338 e. The predicted molar refractivity (Wildman–Crippen MR) is 70.1 cm³/mol. The summed E-state index contributed by atoms with van der Waals surface area (Å²) in [7, 11) is 1.91. The van der Waals surface area contributed by atoms with Crippen LogP contribution in [0.2, 0.25) is 5.02 Å². The summed E-state index contributed by atoms with van der Waals surface area (Å²) < 4.78 is 0. The first-order valence-corrected chi connectivity index (χ1v) is 5.96. The van der Waals surface area contributed by atoms with E-state index >= 15 is 0 Å². The van der Waals surface area contributed by atoms with Crippen LogP contribution in [0.4, 0.5) is 0 Å². The third kappa shape index (κ3) is 1.88. The monoisotopic (exact) mass is 255 g/mol. The van der Waals surface area contributed by atoms with Gasteiger partial charge >= 0.3 is 0 Å². The molecule has 1 aromatic carbocycles. The highest BCUT2D eigenvalue weighted by atomic mass is 35.5. The van der Waals surface area contributed by atoms with Gasteiger partial charge < -0.3 is 5.32 Å². The molecule has 86 valence electrons. The normalized spacial score (nSPS) is 24.7. The van der Waals surface area contributed by atoms with Crippen LogP contribution >= 0.6 is 23.8 Å². The van der Waals surface area contributed by atoms with Crippen LogP contribution in [0.25, 0.3) is 0 Å². The summed E-state index contributed by atoms with van der Waals surface area (Å²) in [6, 6.07) is 7.79. The molecule has 0 aliphatic carbocycles. The second kappa shape index (κ2) is 4.20. The van der Waals surface area contributed by atoms with Crippen LogP contribution in [0, 0.1) is 0 Å². The fourth-order valence-electron chi connectivity index (χ4n) is 1.87. The van der Waals surface area contributed by atoms with Gasteiger partial charge in [0.05, 0.1) is 0 Å². The van der Waals surface area contributed by atoms with Gasteiger partial charge in [0.25, 0.3) is 0 Å². The summed E-state index contributed by atoms with van der Waals surface area (Å²) in [5.41, 5.74) is 4.16. The van der Waals surface area contributed by atoms with Crippen LogP contribution < -0.4 is 10.7 Å². The van der Waals surface area contributed by atoms with Crippen LogP contribution in [-0.4, -0.2) is 17.2 Å². The Morgan fingerprint density at radius 2 is 2.00 bits per heavy atom. The first-order valence-electron chi connectivity index (χ1n) is 5.17. The van der Waals surface area contributed by atoms with Gasteiger partial charge in [0, 0.05) is 12.1 Å². The summed E-state index contributed by atoms with van der Waals surface area (Å²) in [4.78, 5) is 0. The van der Waals surface area contributed by atoms with Crippen LogP contribution in [0.5, 0.6) is 0 Å². The zero-order chi connectivity index (χ0) is 11.8. The summed E-state index contributed by atoms with van der Waals surface area (Å²) in [5, 5.41) is 6.58. The quantitative estimate of drug-likeness (QED) is 0.793. The van der Waals surface area contributed by atoms with Crippen molar-refractivity contribution < 1.29 is 0 Å². The van der Waals surface area contributed by atoms with E-state index in [4.69, 9.17) is 23.8 Å². The van der Waals surface area contributed by atoms with Gasteiger partial charge in [-0.2, -0.15) is 0 Å². The number of hydrogen-bond acceptors (Lipinski definition) is 2. The van der Waals surface area contributed by atoms with Crippen LogP contribution in [0.3, 0.4) is 0 Å². The number of hydrazine groups is 1. The Balaban J connectivity index is 2.36. The Bertz CT molecular complexity index is 406. The van der Waals surface area contributed by atoms with E-state index in [0.717, 1.165) is 17.0 Å². The molecule has 16 heavy (non-hydrogen) atoms. The molecule has 1 fully saturated rings. The molecule has 1 aliphatic rings. The number of nitrogens with zero attached hydrogens (tertiary/aromatic N) is 1. The van der Waals surface area contributed by atoms with Crippen LogP contribution in [0.15, 0.2) is 24.3 Å². The van der Waals surface area contributed by atoms with Crippen molar-refractivity contribution in [3.8, 4) is 0 Å². The fourth-order valence-corrected chi connectivity index (χ4v) is 2.22. The van der Waals surface area contributed by atoms with Gasteiger partial charge in [-0.1, -0.05) is 30.7 Å². The van der Waals surface area contributed by atoms with Gasteiger partial charge in [0.1, 0.15) is 5.66 Å². The highest BCUT2D eigenvalue weighted by Crippen LogP contribution is 2.27. The number of halogens is 1. The van der Waals surface area contributed by atoms with E-state index in [0.29, 0.717) is 5.11 Å². The van der Waals surface area contributed by atoms with Crippen molar-refractivity contribution in [3.05, 3.63) is 34.9 Å². The van der Waals surface area contributed by atoms with Crippen molar-refractivity contribution in [3.63, 3.8) is 0 Å². The second-order valence-electron chi connectivity index (χ2n) is 3.87. The van der Waals surface area contributed by atoms with E-state index in [2.05, 4.69) is 17.7 Å². The van der Waals surface area contributed by atoms with E-state index in [1.165, 1.54) is 0 Å². The Labute approximate surface area is 106 Å². The molecule has 2 N–H and O–H groups in total. The first-order chi connectivity index (χ1) is 7.57. The lowest BCUT2D eigenvalue weighted by molar-refractivity contribution is 0.236. The molecule has 1 aromatic rings. The maximum absolute atomic E-state index is 5.89. The molecule has 0 aromatic heterocycles. The molecule has 0 amide bonds. The summed E-state index contributed by atoms with van der Waals surface area (Å²) in [6.45, 7) is 2.11. The maximum atomic E-state index is 5.89. The van der Waals surface area contributed by atoms with Crippen LogP contribution in [0.1, 0.15) is 18.9 Å². The summed E-state index contributed by atoms with van der Waals surface area (Å²) in [6.07, 6.45) is 0.888. The molecule has 5 heteroatoms. The highest BCUT2D eigenvalue weighted by Gasteiger charge is 2.38. The van der Waals surface area contributed by atoms with Gasteiger partial charge in [-0.25, -0.2) is 5.43 Å². The van der Waals surface area contributed by atoms with Crippen molar-refractivity contribution in [1.29, 1.82) is 0 Å². The molecular formula is C11H14ClN3S. The lowest BCUT2D eigenvalue weighted by Gasteiger charge is -2.28. The molecule has 0 unspecified atom stereocenters. The third-order valence-electron chi connectivity index (χ3n) is 2.85. The Morgan fingerprint density at radius 3 is 2.44 bits per heavy atom. The average Bonchev–Trinajstić information content (AvgIpc) is 2.57. The van der Waals surface area contributed by atoms with E-state index in [9.17, 15) is 0 Å². The van der Waals surface area contributed by atoms with E-state index in [1.807, 2.05) is 36.3 Å². The van der Waals surface area contributed by atoms with E-state index in [1.54, 1.807) is 0 Å². The average molecular weight is 256 g/mol. The third-order valence-corrected chi connectivity index (χ3v) is 3.48. The van der Waals surface area contributed by atoms with Gasteiger partial charge in [0.15, 0.2) is 5.11 Å². The zero-order valence-electron chi connectivity index (χ0n) is 9.25. The minimum atomic E-state index is -0.309. The number of benzene rings is 1. The largest absolute Gasteiger partial charge is 0.338 e. The number of nitrogens with one attached hydrogen (secondary N) is 2. The van der Waals surface area contributed by atoms with Gasteiger partial charge in [-0.3, -0.25) is 5.01 Å².